The fraction of sp³-hybridized carbons (Fsp3) is 0.167. The number of nitrogens with one attached hydrogen (secondary N) is 2. The van der Waals surface area contributed by atoms with Gasteiger partial charge in [0.2, 0.25) is 5.91 Å². The number of ether oxygens (including phenoxy) is 1. The van der Waals surface area contributed by atoms with Crippen LogP contribution in [0.3, 0.4) is 0 Å². The zero-order chi connectivity index (χ0) is 20.0. The molecule has 9 heteroatoms. The summed E-state index contributed by atoms with van der Waals surface area (Å²) in [6, 6.07) is 8.65. The van der Waals surface area contributed by atoms with Gasteiger partial charge in [-0.1, -0.05) is 22.0 Å². The van der Waals surface area contributed by atoms with Crippen LogP contribution in [0.2, 0.25) is 0 Å². The van der Waals surface area contributed by atoms with E-state index in [0.717, 1.165) is 0 Å². The van der Waals surface area contributed by atoms with Gasteiger partial charge in [-0.25, -0.2) is 9.18 Å². The van der Waals surface area contributed by atoms with Gasteiger partial charge in [0.25, 0.3) is 5.91 Å². The van der Waals surface area contributed by atoms with Crippen LogP contribution in [-0.4, -0.2) is 29.5 Å². The highest BCUT2D eigenvalue weighted by molar-refractivity contribution is 9.10. The standard InChI is InChI=1S/C18H16BrFN2O5/c1-10(23)22-13-4-5-16(27-9-17(24)25)14(7-13)18(26)21-8-11-2-3-12(19)6-15(11)20/h2-7H,8-9H2,1H3,(H,21,26)(H,22,23)(H,24,25). The maximum Gasteiger partial charge on any atom is 0.341 e. The molecule has 0 radical (unpaired) electrons. The summed E-state index contributed by atoms with van der Waals surface area (Å²) < 4.78 is 19.6. The van der Waals surface area contributed by atoms with Gasteiger partial charge >= 0.3 is 5.97 Å². The van der Waals surface area contributed by atoms with E-state index in [1.165, 1.54) is 37.3 Å². The molecule has 0 fully saturated rings. The van der Waals surface area contributed by atoms with Gasteiger partial charge in [0.15, 0.2) is 6.61 Å². The summed E-state index contributed by atoms with van der Waals surface area (Å²) in [6.45, 7) is 0.590. The average Bonchev–Trinajstić information content (AvgIpc) is 2.59. The van der Waals surface area contributed by atoms with Crippen molar-refractivity contribution < 1.29 is 28.6 Å². The molecule has 27 heavy (non-hydrogen) atoms. The first-order chi connectivity index (χ1) is 12.8. The minimum absolute atomic E-state index is 0.0139. The summed E-state index contributed by atoms with van der Waals surface area (Å²) in [7, 11) is 0. The number of carbonyl (C=O) groups is 3. The van der Waals surface area contributed by atoms with E-state index in [-0.39, 0.29) is 29.3 Å². The lowest BCUT2D eigenvalue weighted by molar-refractivity contribution is -0.139. The molecule has 2 amide bonds. The third-order valence-electron chi connectivity index (χ3n) is 3.35. The van der Waals surface area contributed by atoms with Gasteiger partial charge in [-0.3, -0.25) is 9.59 Å². The second-order valence-corrected chi connectivity index (χ2v) is 6.41. The Morgan fingerprint density at radius 2 is 1.93 bits per heavy atom. The Bertz CT molecular complexity index is 888. The summed E-state index contributed by atoms with van der Waals surface area (Å²) in [5, 5.41) is 13.8. The molecule has 2 rings (SSSR count). The first-order valence-electron chi connectivity index (χ1n) is 7.74. The highest BCUT2D eigenvalue weighted by Gasteiger charge is 2.16. The number of halogens is 2. The number of hydrogen-bond acceptors (Lipinski definition) is 4. The highest BCUT2D eigenvalue weighted by Crippen LogP contribution is 2.23. The minimum atomic E-state index is -1.20. The molecular formula is C18H16BrFN2O5. The molecule has 0 spiro atoms. The number of carboxylic acid groups (broad SMARTS) is 1. The molecule has 0 unspecified atom stereocenters. The van der Waals surface area contributed by atoms with Gasteiger partial charge < -0.3 is 20.5 Å². The number of rotatable bonds is 7. The topological polar surface area (TPSA) is 105 Å². The van der Waals surface area contributed by atoms with E-state index in [2.05, 4.69) is 26.6 Å². The van der Waals surface area contributed by atoms with E-state index in [1.54, 1.807) is 6.07 Å². The number of anilines is 1. The number of aliphatic carboxylic acids is 1. The van der Waals surface area contributed by atoms with Crippen LogP contribution < -0.4 is 15.4 Å². The third-order valence-corrected chi connectivity index (χ3v) is 3.84. The smallest absolute Gasteiger partial charge is 0.341 e. The second kappa shape index (κ2) is 9.13. The average molecular weight is 439 g/mol. The molecule has 2 aromatic rings. The third kappa shape index (κ3) is 6.07. The van der Waals surface area contributed by atoms with Gasteiger partial charge in [-0.2, -0.15) is 0 Å². The van der Waals surface area contributed by atoms with Crippen LogP contribution in [-0.2, 0) is 16.1 Å². The largest absolute Gasteiger partial charge is 0.481 e. The van der Waals surface area contributed by atoms with Crippen molar-refractivity contribution in [3.63, 3.8) is 0 Å². The van der Waals surface area contributed by atoms with Crippen molar-refractivity contribution in [1.29, 1.82) is 0 Å². The van der Waals surface area contributed by atoms with E-state index < -0.39 is 24.3 Å². The van der Waals surface area contributed by atoms with Crippen LogP contribution in [0.15, 0.2) is 40.9 Å². The number of hydrogen-bond donors (Lipinski definition) is 3. The van der Waals surface area contributed by atoms with Gasteiger partial charge in [0, 0.05) is 29.2 Å². The Kier molecular flexibility index (Phi) is 6.89. The van der Waals surface area contributed by atoms with Crippen molar-refractivity contribution in [3.8, 4) is 5.75 Å². The summed E-state index contributed by atoms with van der Waals surface area (Å²) in [5.74, 6) is -2.61. The van der Waals surface area contributed by atoms with Crippen LogP contribution in [0, 0.1) is 5.82 Å². The Balaban J connectivity index is 2.21. The Hall–Kier alpha value is -2.94. The molecule has 0 aliphatic rings. The first-order valence-corrected chi connectivity index (χ1v) is 8.54. The van der Waals surface area contributed by atoms with E-state index in [4.69, 9.17) is 9.84 Å². The molecule has 0 aliphatic carbocycles. The Morgan fingerprint density at radius 1 is 1.19 bits per heavy atom. The molecule has 0 aromatic heterocycles. The highest BCUT2D eigenvalue weighted by atomic mass is 79.9. The number of carboxylic acids is 1. The zero-order valence-corrected chi connectivity index (χ0v) is 15.8. The fourth-order valence-electron chi connectivity index (χ4n) is 2.19. The number of carbonyl (C=O) groups excluding carboxylic acids is 2. The van der Waals surface area contributed by atoms with Crippen LogP contribution in [0.4, 0.5) is 10.1 Å². The van der Waals surface area contributed by atoms with Gasteiger partial charge in [-0.05, 0) is 30.3 Å². The molecule has 0 aliphatic heterocycles. The lowest BCUT2D eigenvalue weighted by Gasteiger charge is -2.13. The molecule has 7 nitrogen and oxygen atoms in total. The second-order valence-electron chi connectivity index (χ2n) is 5.49. The SMILES string of the molecule is CC(=O)Nc1ccc(OCC(=O)O)c(C(=O)NCc2ccc(Br)cc2F)c1. The van der Waals surface area contributed by atoms with Crippen molar-refractivity contribution in [2.75, 3.05) is 11.9 Å². The van der Waals surface area contributed by atoms with Gasteiger partial charge in [-0.15, -0.1) is 0 Å². The van der Waals surface area contributed by atoms with Crippen LogP contribution in [0.5, 0.6) is 5.75 Å². The van der Waals surface area contributed by atoms with Crippen LogP contribution in [0.25, 0.3) is 0 Å². The molecule has 0 atom stereocenters. The maximum absolute atomic E-state index is 13.9. The van der Waals surface area contributed by atoms with Crippen molar-refractivity contribution in [1.82, 2.24) is 5.32 Å². The molecule has 0 saturated heterocycles. The van der Waals surface area contributed by atoms with Crippen molar-refractivity contribution in [3.05, 3.63) is 57.8 Å². The van der Waals surface area contributed by atoms with E-state index in [9.17, 15) is 18.8 Å². The number of benzene rings is 2. The zero-order valence-electron chi connectivity index (χ0n) is 14.2. The van der Waals surface area contributed by atoms with Gasteiger partial charge in [0.1, 0.15) is 11.6 Å². The molecule has 0 heterocycles. The fourth-order valence-corrected chi connectivity index (χ4v) is 2.52. The molecule has 0 saturated carbocycles. The predicted molar refractivity (Wildman–Crippen MR) is 99.1 cm³/mol. The van der Waals surface area contributed by atoms with Gasteiger partial charge in [0.05, 0.1) is 5.56 Å². The maximum atomic E-state index is 13.9. The quantitative estimate of drug-likeness (QED) is 0.616. The van der Waals surface area contributed by atoms with Crippen LogP contribution in [0.1, 0.15) is 22.8 Å². The Morgan fingerprint density at radius 3 is 2.56 bits per heavy atom. The summed E-state index contributed by atoms with van der Waals surface area (Å²) in [4.78, 5) is 34.4. The summed E-state index contributed by atoms with van der Waals surface area (Å²) in [6.07, 6.45) is 0. The predicted octanol–water partition coefficient (Wildman–Crippen LogP) is 2.94. The molecule has 2 aromatic carbocycles. The van der Waals surface area contributed by atoms with E-state index >= 15 is 0 Å². The lowest BCUT2D eigenvalue weighted by atomic mass is 10.1. The lowest BCUT2D eigenvalue weighted by Crippen LogP contribution is -2.24. The Labute approximate surface area is 162 Å². The molecule has 3 N–H and O–H groups in total. The van der Waals surface area contributed by atoms with Crippen molar-refractivity contribution in [2.45, 2.75) is 13.5 Å². The summed E-state index contributed by atoms with van der Waals surface area (Å²) >= 11 is 3.15. The van der Waals surface area contributed by atoms with Crippen molar-refractivity contribution >= 4 is 39.4 Å². The molecule has 142 valence electrons. The monoisotopic (exact) mass is 438 g/mol. The summed E-state index contributed by atoms with van der Waals surface area (Å²) in [5.41, 5.74) is 0.628. The normalized spacial score (nSPS) is 10.2. The minimum Gasteiger partial charge on any atom is -0.481 e. The van der Waals surface area contributed by atoms with Crippen LogP contribution >= 0.6 is 15.9 Å². The van der Waals surface area contributed by atoms with E-state index in [1.807, 2.05) is 0 Å². The number of amides is 2. The first kappa shape index (κ1) is 20.4. The molecular weight excluding hydrogens is 423 g/mol. The molecule has 0 bridgehead atoms. The van der Waals surface area contributed by atoms with Crippen molar-refractivity contribution in [2.24, 2.45) is 0 Å². The van der Waals surface area contributed by atoms with E-state index in [0.29, 0.717) is 10.2 Å².